The van der Waals surface area contributed by atoms with Crippen LogP contribution in [-0.4, -0.2) is 29.3 Å². The maximum absolute atomic E-state index is 11.0. The highest BCUT2D eigenvalue weighted by atomic mass is 16.2. The fourth-order valence-electron chi connectivity index (χ4n) is 1.24. The molecule has 0 aliphatic heterocycles. The van der Waals surface area contributed by atoms with Crippen LogP contribution >= 0.6 is 0 Å². The van der Waals surface area contributed by atoms with Crippen molar-refractivity contribution in [2.75, 3.05) is 6.54 Å². The molecule has 4 heteroatoms. The first-order valence-corrected chi connectivity index (χ1v) is 4.11. The molecule has 0 aromatic rings. The Bertz CT molecular complexity index is 160. The van der Waals surface area contributed by atoms with E-state index in [0.29, 0.717) is 13.0 Å². The second-order valence-corrected chi connectivity index (χ2v) is 2.63. The van der Waals surface area contributed by atoms with Gasteiger partial charge in [-0.25, -0.2) is 0 Å². The van der Waals surface area contributed by atoms with Gasteiger partial charge in [-0.1, -0.05) is 6.92 Å². The van der Waals surface area contributed by atoms with Crippen LogP contribution in [0.25, 0.3) is 0 Å². The fraction of sp³-hybridized carbons (Fsp3) is 0.750. The maximum atomic E-state index is 11.0. The summed E-state index contributed by atoms with van der Waals surface area (Å²) in [5, 5.41) is 0. The number of nitrogens with two attached hydrogens (primary N) is 1. The molecular formula is C8H16N2O2. The van der Waals surface area contributed by atoms with E-state index in [1.807, 2.05) is 13.8 Å². The van der Waals surface area contributed by atoms with Crippen molar-refractivity contribution in [1.82, 2.24) is 4.90 Å². The number of primary amides is 1. The van der Waals surface area contributed by atoms with Crippen molar-refractivity contribution in [3.63, 3.8) is 0 Å². The van der Waals surface area contributed by atoms with Crippen LogP contribution in [0.1, 0.15) is 27.2 Å². The average molecular weight is 172 g/mol. The van der Waals surface area contributed by atoms with Crippen LogP contribution in [0.15, 0.2) is 0 Å². The molecule has 0 aromatic heterocycles. The first kappa shape index (κ1) is 10.9. The summed E-state index contributed by atoms with van der Waals surface area (Å²) in [5.74, 6) is -0.544. The zero-order valence-electron chi connectivity index (χ0n) is 7.83. The summed E-state index contributed by atoms with van der Waals surface area (Å²) < 4.78 is 0. The van der Waals surface area contributed by atoms with Gasteiger partial charge in [0.2, 0.25) is 11.8 Å². The fourth-order valence-corrected chi connectivity index (χ4v) is 1.24. The Kier molecular flexibility index (Phi) is 4.33. The van der Waals surface area contributed by atoms with Crippen molar-refractivity contribution in [3.8, 4) is 0 Å². The lowest BCUT2D eigenvalue weighted by Crippen LogP contribution is -2.46. The first-order valence-electron chi connectivity index (χ1n) is 4.11. The normalized spacial score (nSPS) is 12.2. The number of carbonyl (C=O) groups is 2. The Hall–Kier alpha value is -1.06. The molecule has 0 unspecified atom stereocenters. The Morgan fingerprint density at radius 3 is 2.00 bits per heavy atom. The standard InChI is InChI=1S/C8H16N2O2/c1-4-7(8(9)12)10(5-2)6(3)11/h7H,4-5H2,1-3H3,(H2,9,12)/t7-/m0/s1. The van der Waals surface area contributed by atoms with Crippen LogP contribution < -0.4 is 5.73 Å². The van der Waals surface area contributed by atoms with Gasteiger partial charge in [-0.15, -0.1) is 0 Å². The highest BCUT2D eigenvalue weighted by molar-refractivity contribution is 5.85. The predicted molar refractivity (Wildman–Crippen MR) is 46.3 cm³/mol. The van der Waals surface area contributed by atoms with Gasteiger partial charge in [-0.3, -0.25) is 9.59 Å². The van der Waals surface area contributed by atoms with E-state index < -0.39 is 11.9 Å². The number of hydrogen-bond acceptors (Lipinski definition) is 2. The molecule has 2 N–H and O–H groups in total. The van der Waals surface area contributed by atoms with Gasteiger partial charge in [0, 0.05) is 13.5 Å². The average Bonchev–Trinajstić information content (AvgIpc) is 1.98. The van der Waals surface area contributed by atoms with E-state index in [4.69, 9.17) is 5.73 Å². The number of carbonyl (C=O) groups excluding carboxylic acids is 2. The molecule has 1 atom stereocenters. The van der Waals surface area contributed by atoms with Gasteiger partial charge in [0.05, 0.1) is 0 Å². The summed E-state index contributed by atoms with van der Waals surface area (Å²) in [7, 11) is 0. The first-order chi connectivity index (χ1) is 5.54. The van der Waals surface area contributed by atoms with Crippen LogP contribution in [0, 0.1) is 0 Å². The third-order valence-corrected chi connectivity index (χ3v) is 1.84. The van der Waals surface area contributed by atoms with Crippen molar-refractivity contribution in [3.05, 3.63) is 0 Å². The van der Waals surface area contributed by atoms with E-state index in [1.54, 1.807) is 0 Å². The van der Waals surface area contributed by atoms with E-state index >= 15 is 0 Å². The molecule has 0 radical (unpaired) electrons. The van der Waals surface area contributed by atoms with Crippen LogP contribution in [0.4, 0.5) is 0 Å². The lowest BCUT2D eigenvalue weighted by Gasteiger charge is -2.26. The molecule has 0 fully saturated rings. The van der Waals surface area contributed by atoms with Crippen molar-refractivity contribution in [2.24, 2.45) is 5.73 Å². The minimum atomic E-state index is -0.451. The minimum Gasteiger partial charge on any atom is -0.368 e. The molecule has 12 heavy (non-hydrogen) atoms. The quantitative estimate of drug-likeness (QED) is 0.654. The van der Waals surface area contributed by atoms with Crippen molar-refractivity contribution in [1.29, 1.82) is 0 Å². The molecule has 0 spiro atoms. The summed E-state index contributed by atoms with van der Waals surface area (Å²) in [6.45, 7) is 5.62. The van der Waals surface area contributed by atoms with Gasteiger partial charge in [0.25, 0.3) is 0 Å². The van der Waals surface area contributed by atoms with Crippen molar-refractivity contribution >= 4 is 11.8 Å². The lowest BCUT2D eigenvalue weighted by molar-refractivity contribution is -0.137. The van der Waals surface area contributed by atoms with Gasteiger partial charge in [0.15, 0.2) is 0 Å². The molecule has 0 aliphatic carbocycles. The van der Waals surface area contributed by atoms with E-state index in [9.17, 15) is 9.59 Å². The second-order valence-electron chi connectivity index (χ2n) is 2.63. The van der Waals surface area contributed by atoms with E-state index in [0.717, 1.165) is 0 Å². The number of rotatable bonds is 4. The van der Waals surface area contributed by atoms with Crippen molar-refractivity contribution < 1.29 is 9.59 Å². The van der Waals surface area contributed by atoms with Gasteiger partial charge in [-0.05, 0) is 13.3 Å². The number of amides is 2. The zero-order chi connectivity index (χ0) is 9.72. The topological polar surface area (TPSA) is 63.4 Å². The minimum absolute atomic E-state index is 0.108. The Labute approximate surface area is 72.7 Å². The Balaban J connectivity index is 4.44. The highest BCUT2D eigenvalue weighted by Gasteiger charge is 2.22. The molecule has 0 aromatic carbocycles. The molecule has 0 rings (SSSR count). The number of likely N-dealkylation sites (N-methyl/N-ethyl adjacent to an activating group) is 1. The van der Waals surface area contributed by atoms with Gasteiger partial charge < -0.3 is 10.6 Å². The summed E-state index contributed by atoms with van der Waals surface area (Å²) >= 11 is 0. The van der Waals surface area contributed by atoms with Crippen LogP contribution in [-0.2, 0) is 9.59 Å². The number of nitrogens with zero attached hydrogens (tertiary/aromatic N) is 1. The van der Waals surface area contributed by atoms with Crippen molar-refractivity contribution in [2.45, 2.75) is 33.2 Å². The molecule has 70 valence electrons. The molecule has 0 saturated heterocycles. The summed E-state index contributed by atoms with van der Waals surface area (Å²) in [6.07, 6.45) is 0.572. The second kappa shape index (κ2) is 4.74. The summed E-state index contributed by atoms with van der Waals surface area (Å²) in [6, 6.07) is -0.451. The lowest BCUT2D eigenvalue weighted by atomic mass is 10.2. The van der Waals surface area contributed by atoms with E-state index in [2.05, 4.69) is 0 Å². The maximum Gasteiger partial charge on any atom is 0.240 e. The summed E-state index contributed by atoms with van der Waals surface area (Å²) in [5.41, 5.74) is 5.13. The molecule has 0 saturated carbocycles. The van der Waals surface area contributed by atoms with E-state index in [1.165, 1.54) is 11.8 Å². The van der Waals surface area contributed by atoms with Crippen LogP contribution in [0.5, 0.6) is 0 Å². The SMILES string of the molecule is CC[C@@H](C(N)=O)N(CC)C(C)=O. The summed E-state index contributed by atoms with van der Waals surface area (Å²) in [4.78, 5) is 23.3. The van der Waals surface area contributed by atoms with E-state index in [-0.39, 0.29) is 5.91 Å². The smallest absolute Gasteiger partial charge is 0.240 e. The largest absolute Gasteiger partial charge is 0.368 e. The third-order valence-electron chi connectivity index (χ3n) is 1.84. The Morgan fingerprint density at radius 1 is 1.42 bits per heavy atom. The zero-order valence-corrected chi connectivity index (χ0v) is 7.83. The monoisotopic (exact) mass is 172 g/mol. The third kappa shape index (κ3) is 2.53. The molecule has 0 bridgehead atoms. The van der Waals surface area contributed by atoms with Crippen LogP contribution in [0.3, 0.4) is 0 Å². The van der Waals surface area contributed by atoms with Gasteiger partial charge >= 0.3 is 0 Å². The molecular weight excluding hydrogens is 156 g/mol. The van der Waals surface area contributed by atoms with Gasteiger partial charge in [-0.2, -0.15) is 0 Å². The van der Waals surface area contributed by atoms with Crippen LogP contribution in [0.2, 0.25) is 0 Å². The molecule has 0 heterocycles. The Morgan fingerprint density at radius 2 is 1.92 bits per heavy atom. The predicted octanol–water partition coefficient (Wildman–Crippen LogP) is 0.119. The number of hydrogen-bond donors (Lipinski definition) is 1. The van der Waals surface area contributed by atoms with Gasteiger partial charge in [0.1, 0.15) is 6.04 Å². The molecule has 2 amide bonds. The highest BCUT2D eigenvalue weighted by Crippen LogP contribution is 2.03. The molecule has 4 nitrogen and oxygen atoms in total. The molecule has 0 aliphatic rings.